The molecule has 7 atom stereocenters. The van der Waals surface area contributed by atoms with Crippen molar-refractivity contribution in [1.29, 1.82) is 0 Å². The molecule has 0 bridgehead atoms. The molecule has 68 heavy (non-hydrogen) atoms. The predicted octanol–water partition coefficient (Wildman–Crippen LogP) is 4.12. The van der Waals surface area contributed by atoms with Gasteiger partial charge < -0.3 is 49.0 Å². The van der Waals surface area contributed by atoms with Gasteiger partial charge in [0, 0.05) is 102 Å². The Hall–Kier alpha value is -7.50. The van der Waals surface area contributed by atoms with E-state index in [1.165, 1.54) is 47.9 Å². The number of nitro groups is 2. The van der Waals surface area contributed by atoms with Gasteiger partial charge in [-0.05, 0) is 35.9 Å². The molecule has 2 aromatic carbocycles. The zero-order valence-electron chi connectivity index (χ0n) is 37.3. The summed E-state index contributed by atoms with van der Waals surface area (Å²) in [6, 6.07) is 15.3. The van der Waals surface area contributed by atoms with E-state index in [9.17, 15) is 39.4 Å². The summed E-state index contributed by atoms with van der Waals surface area (Å²) in [4.78, 5) is 75.8. The number of anilines is 5. The van der Waals surface area contributed by atoms with E-state index in [0.717, 1.165) is 0 Å². The van der Waals surface area contributed by atoms with Gasteiger partial charge in [-0.3, -0.25) is 39.6 Å². The van der Waals surface area contributed by atoms with Crippen LogP contribution in [0.3, 0.4) is 0 Å². The predicted molar refractivity (Wildman–Crippen MR) is 238 cm³/mol. The summed E-state index contributed by atoms with van der Waals surface area (Å²) < 4.78 is 51.6. The number of nitrogens with one attached hydrogen (secondary N) is 3. The Morgan fingerprint density at radius 3 is 1.76 bits per heavy atom. The highest BCUT2D eigenvalue weighted by atomic mass is 19.1. The number of ether oxygens (including phenoxy) is 2. The molecular formula is C44H48F2N10O12. The van der Waals surface area contributed by atoms with Crippen molar-refractivity contribution in [2.75, 3.05) is 91.0 Å². The lowest BCUT2D eigenvalue weighted by Crippen LogP contribution is -2.35. The summed E-state index contributed by atoms with van der Waals surface area (Å²) >= 11 is 0. The summed E-state index contributed by atoms with van der Waals surface area (Å²) in [5, 5.41) is 30.4. The van der Waals surface area contributed by atoms with Gasteiger partial charge in [-0.25, -0.2) is 18.4 Å². The molecule has 10 rings (SSSR count). The molecule has 7 unspecified atom stereocenters. The molecule has 6 fully saturated rings. The van der Waals surface area contributed by atoms with Gasteiger partial charge >= 0.3 is 24.0 Å². The first kappa shape index (κ1) is 45.6. The molecule has 0 radical (unpaired) electrons. The van der Waals surface area contributed by atoms with Crippen LogP contribution in [-0.2, 0) is 24.5 Å². The van der Waals surface area contributed by atoms with E-state index in [-0.39, 0.29) is 67.8 Å². The first-order valence-electron chi connectivity index (χ1n) is 21.9. The van der Waals surface area contributed by atoms with Crippen molar-refractivity contribution in [3.05, 3.63) is 98.1 Å². The van der Waals surface area contributed by atoms with Crippen molar-refractivity contribution in [2.24, 2.45) is 17.8 Å². The molecule has 2 aliphatic carbocycles. The second-order valence-corrected chi connectivity index (χ2v) is 17.8. The van der Waals surface area contributed by atoms with Crippen LogP contribution in [0.5, 0.6) is 0 Å². The van der Waals surface area contributed by atoms with Gasteiger partial charge in [0.05, 0.1) is 55.4 Å². The number of carbonyl (C=O) groups is 4. The van der Waals surface area contributed by atoms with E-state index < -0.39 is 51.3 Å². The number of cyclic esters (lactones) is 2. The van der Waals surface area contributed by atoms with Crippen molar-refractivity contribution in [1.82, 2.24) is 16.0 Å². The maximum absolute atomic E-state index is 15.5. The molecule has 4 amide bonds. The lowest BCUT2D eigenvalue weighted by molar-refractivity contribution is -0.402. The first-order chi connectivity index (χ1) is 32.4. The number of benzene rings is 2. The van der Waals surface area contributed by atoms with E-state index in [2.05, 4.69) is 16.0 Å². The Morgan fingerprint density at radius 2 is 1.28 bits per heavy atom. The normalized spacial score (nSPS) is 26.3. The minimum atomic E-state index is -0.593. The second kappa shape index (κ2) is 17.6. The third-order valence-corrected chi connectivity index (χ3v) is 13.7. The number of halogens is 2. The number of fused-ring (bicyclic) bond motifs is 2. The Labute approximate surface area is 386 Å². The van der Waals surface area contributed by atoms with Crippen LogP contribution in [0.2, 0.25) is 0 Å². The van der Waals surface area contributed by atoms with Crippen LogP contribution in [0.4, 0.5) is 59.0 Å². The van der Waals surface area contributed by atoms with E-state index in [0.29, 0.717) is 72.4 Å². The van der Waals surface area contributed by atoms with Crippen molar-refractivity contribution in [2.45, 2.75) is 43.6 Å². The largest absolute Gasteiger partial charge is 0.442 e. The SMILES string of the molecule is CC(=O)NCC1CN(c2ccc(C34CNCC3C4N(C)c3ccc([N+](=O)[O-])o3)c(F)c2)C(=O)O1.CC(=O)NCC1CN(c2ccc(N3CC4C(C3)C4N(C)c3ccc([N+](=O)[O-])o3)c(F)c2)C(=O)O1. The van der Waals surface area contributed by atoms with Gasteiger partial charge in [0.2, 0.25) is 23.6 Å². The van der Waals surface area contributed by atoms with Gasteiger partial charge in [0.1, 0.15) is 33.7 Å². The van der Waals surface area contributed by atoms with Gasteiger partial charge in [0.25, 0.3) is 0 Å². The zero-order chi connectivity index (χ0) is 48.3. The Morgan fingerprint density at radius 1 is 0.765 bits per heavy atom. The van der Waals surface area contributed by atoms with Crippen molar-refractivity contribution >= 4 is 64.6 Å². The molecule has 24 heteroatoms. The quantitative estimate of drug-likeness (QED) is 0.119. The van der Waals surface area contributed by atoms with Crippen LogP contribution in [0.15, 0.2) is 69.5 Å². The van der Waals surface area contributed by atoms with Crippen molar-refractivity contribution in [3.8, 4) is 0 Å². The molecule has 6 heterocycles. The average molecular weight is 947 g/mol. The summed E-state index contributed by atoms with van der Waals surface area (Å²) in [5.41, 5.74) is 1.25. The molecule has 360 valence electrons. The minimum Gasteiger partial charge on any atom is -0.442 e. The van der Waals surface area contributed by atoms with Crippen LogP contribution in [0, 0.1) is 49.6 Å². The number of hydrogen-bond acceptors (Lipinski definition) is 16. The van der Waals surface area contributed by atoms with Gasteiger partial charge in [-0.15, -0.1) is 0 Å². The third-order valence-electron chi connectivity index (χ3n) is 13.7. The summed E-state index contributed by atoms with van der Waals surface area (Å²) in [5.74, 6) is -0.438. The van der Waals surface area contributed by atoms with E-state index >= 15 is 8.78 Å². The molecule has 2 aromatic heterocycles. The minimum absolute atomic E-state index is 0.0980. The summed E-state index contributed by atoms with van der Waals surface area (Å²) in [7, 11) is 3.63. The highest BCUT2D eigenvalue weighted by Crippen LogP contribution is 2.60. The second-order valence-electron chi connectivity index (χ2n) is 17.8. The van der Waals surface area contributed by atoms with Crippen LogP contribution in [0.25, 0.3) is 0 Å². The topological polar surface area (TPSA) is 252 Å². The van der Waals surface area contributed by atoms with E-state index in [1.807, 2.05) is 21.7 Å². The number of hydrogen-bond donors (Lipinski definition) is 3. The summed E-state index contributed by atoms with van der Waals surface area (Å²) in [6.45, 7) is 6.13. The molecule has 4 saturated heterocycles. The molecular weight excluding hydrogens is 899 g/mol. The van der Waals surface area contributed by atoms with Gasteiger partial charge in [0.15, 0.2) is 0 Å². The highest BCUT2D eigenvalue weighted by Gasteiger charge is 2.70. The number of nitrogens with zero attached hydrogens (tertiary/aromatic N) is 7. The maximum Gasteiger partial charge on any atom is 0.434 e. The maximum atomic E-state index is 15.5. The Balaban J connectivity index is 0.000000170. The molecule has 22 nitrogen and oxygen atoms in total. The van der Waals surface area contributed by atoms with Crippen molar-refractivity contribution in [3.63, 3.8) is 0 Å². The average Bonchev–Trinajstić information content (AvgIpc) is 3.90. The number of furan rings is 2. The van der Waals surface area contributed by atoms with Gasteiger partial charge in [-0.2, -0.15) is 0 Å². The smallest absolute Gasteiger partial charge is 0.434 e. The molecule has 0 spiro atoms. The number of amides is 4. The lowest BCUT2D eigenvalue weighted by Gasteiger charge is -2.26. The van der Waals surface area contributed by atoms with Crippen LogP contribution in [0.1, 0.15) is 19.4 Å². The van der Waals surface area contributed by atoms with E-state index in [4.69, 9.17) is 18.3 Å². The summed E-state index contributed by atoms with van der Waals surface area (Å²) in [6.07, 6.45) is -2.17. The molecule has 2 saturated carbocycles. The fourth-order valence-electron chi connectivity index (χ4n) is 10.5. The van der Waals surface area contributed by atoms with Crippen LogP contribution >= 0.6 is 0 Å². The number of likely N-dealkylation sites (N-methyl/N-ethyl adjacent to an activating group) is 1. The van der Waals surface area contributed by atoms with Crippen LogP contribution in [-0.4, -0.2) is 125 Å². The Kier molecular flexibility index (Phi) is 11.8. The number of rotatable bonds is 14. The van der Waals surface area contributed by atoms with Gasteiger partial charge in [-0.1, -0.05) is 6.07 Å². The number of carbonyl (C=O) groups excluding carboxylic acids is 4. The fraction of sp³-hybridized carbons (Fsp3) is 0.455. The molecule has 6 aliphatic rings. The molecule has 3 N–H and O–H groups in total. The molecule has 4 aliphatic heterocycles. The molecule has 4 aromatic rings. The third kappa shape index (κ3) is 8.43. The first-order valence-corrected chi connectivity index (χ1v) is 21.9. The highest BCUT2D eigenvalue weighted by molar-refractivity contribution is 5.91. The fourth-order valence-corrected chi connectivity index (χ4v) is 10.5. The number of piperidine rings is 2. The Bertz CT molecular complexity index is 2670. The monoisotopic (exact) mass is 946 g/mol. The standard InChI is InChI=1S/2C22H24FN5O6/c1-12(29)25-8-14-10-27(21(30)33-14)13-3-4-15(17(23)7-13)22-11-24-9-16(22)20(22)26(2)18-5-6-19(34-18)28(31)32;1-12(29)24-8-14-9-27(22(30)33-14)13-3-4-18(17(23)7-13)26-10-15-16(11-26)21(15)25(2)19-5-6-20(34-19)28(31)32/h3-7,14,16,20,24H,8-11H2,1-2H3,(H,25,29);3-7,14-16,21H,8-11H2,1-2H3,(H,24,29). The van der Waals surface area contributed by atoms with Crippen LogP contribution < -0.4 is 40.4 Å². The van der Waals surface area contributed by atoms with E-state index in [1.54, 1.807) is 43.4 Å². The zero-order valence-corrected chi connectivity index (χ0v) is 37.3. The lowest BCUT2D eigenvalue weighted by atomic mass is 9.93. The van der Waals surface area contributed by atoms with Crippen molar-refractivity contribution < 1.29 is 56.1 Å².